The van der Waals surface area contributed by atoms with Gasteiger partial charge in [-0.25, -0.2) is 0 Å². The molecule has 2 aliphatic rings. The summed E-state index contributed by atoms with van der Waals surface area (Å²) >= 11 is 0. The molecule has 2 aromatic carbocycles. The standard InChI is InChI=1S/C15H28.C12H18.C12H14.2CH4/c1-12(2)14-9-6-10-15(11-14)13-7-4-3-5-8-13;2*1-4-5-11-6-8-12(9-7-11)10(2)3;;/h12-15H,3-11H2,1-2H3;6-10H,4-5H2,1-3H3;6-10H,1-3H3;2*1H4. The predicted molar refractivity (Wildman–Crippen MR) is 188 cm³/mol. The van der Waals surface area contributed by atoms with Crippen LogP contribution in [0.5, 0.6) is 0 Å². The van der Waals surface area contributed by atoms with Crippen LogP contribution in [0.3, 0.4) is 0 Å². The lowest BCUT2D eigenvalue weighted by Gasteiger charge is -2.38. The molecular formula is C41H68. The van der Waals surface area contributed by atoms with E-state index >= 15 is 0 Å². The minimum atomic E-state index is 0. The van der Waals surface area contributed by atoms with Crippen molar-refractivity contribution in [1.82, 2.24) is 0 Å². The Morgan fingerprint density at radius 3 is 1.63 bits per heavy atom. The van der Waals surface area contributed by atoms with E-state index in [2.05, 4.69) is 109 Å². The lowest BCUT2D eigenvalue weighted by molar-refractivity contribution is 0.137. The fraction of sp³-hybridized carbons (Fsp3) is 0.659. The second-order valence-electron chi connectivity index (χ2n) is 13.1. The molecule has 0 aliphatic heterocycles. The number of hydrogen-bond acceptors (Lipinski definition) is 0. The molecule has 0 aromatic heterocycles. The summed E-state index contributed by atoms with van der Waals surface area (Å²) in [6.45, 7) is 17.8. The molecular weight excluding hydrogens is 492 g/mol. The van der Waals surface area contributed by atoms with Gasteiger partial charge in [-0.3, -0.25) is 0 Å². The van der Waals surface area contributed by atoms with Crippen LogP contribution in [0.4, 0.5) is 0 Å². The van der Waals surface area contributed by atoms with Crippen molar-refractivity contribution in [3.63, 3.8) is 0 Å². The van der Waals surface area contributed by atoms with E-state index in [-0.39, 0.29) is 14.9 Å². The highest BCUT2D eigenvalue weighted by Crippen LogP contribution is 2.42. The van der Waals surface area contributed by atoms with Crippen molar-refractivity contribution in [3.8, 4) is 11.8 Å². The van der Waals surface area contributed by atoms with E-state index in [4.69, 9.17) is 0 Å². The molecule has 0 nitrogen and oxygen atoms in total. The predicted octanol–water partition coefficient (Wildman–Crippen LogP) is 13.2. The van der Waals surface area contributed by atoms with Crippen LogP contribution in [0.15, 0.2) is 48.5 Å². The summed E-state index contributed by atoms with van der Waals surface area (Å²) in [5, 5.41) is 0. The second kappa shape index (κ2) is 21.7. The molecule has 0 amide bonds. The quantitative estimate of drug-likeness (QED) is 0.308. The van der Waals surface area contributed by atoms with Gasteiger partial charge in [0.25, 0.3) is 0 Å². The average Bonchev–Trinajstić information content (AvgIpc) is 2.95. The molecule has 2 fully saturated rings. The normalized spacial score (nSPS) is 18.5. The molecule has 0 saturated heterocycles. The van der Waals surface area contributed by atoms with Crippen LogP contribution in [0, 0.1) is 35.5 Å². The molecule has 0 spiro atoms. The highest BCUT2D eigenvalue weighted by molar-refractivity contribution is 5.36. The minimum absolute atomic E-state index is 0. The molecule has 232 valence electrons. The smallest absolute Gasteiger partial charge is 0.0245 e. The zero-order chi connectivity index (χ0) is 28.6. The van der Waals surface area contributed by atoms with Gasteiger partial charge in [0.15, 0.2) is 0 Å². The van der Waals surface area contributed by atoms with Gasteiger partial charge in [-0.15, -0.1) is 5.92 Å². The summed E-state index contributed by atoms with van der Waals surface area (Å²) in [6, 6.07) is 17.4. The van der Waals surface area contributed by atoms with Gasteiger partial charge in [-0.05, 0) is 84.1 Å². The summed E-state index contributed by atoms with van der Waals surface area (Å²) in [4.78, 5) is 0. The first kappa shape index (κ1) is 39.0. The number of aryl methyl sites for hydroxylation is 1. The van der Waals surface area contributed by atoms with Crippen molar-refractivity contribution < 1.29 is 0 Å². The Labute approximate surface area is 258 Å². The van der Waals surface area contributed by atoms with E-state index in [9.17, 15) is 0 Å². The van der Waals surface area contributed by atoms with Crippen LogP contribution in [-0.2, 0) is 6.42 Å². The van der Waals surface area contributed by atoms with E-state index in [1.807, 2.05) is 6.92 Å². The van der Waals surface area contributed by atoms with Crippen LogP contribution in [-0.4, -0.2) is 0 Å². The van der Waals surface area contributed by atoms with Crippen molar-refractivity contribution in [1.29, 1.82) is 0 Å². The van der Waals surface area contributed by atoms with Gasteiger partial charge >= 0.3 is 0 Å². The fourth-order valence-electron chi connectivity index (χ4n) is 6.36. The van der Waals surface area contributed by atoms with E-state index in [1.54, 1.807) is 25.7 Å². The molecule has 0 heterocycles. The average molecular weight is 561 g/mol. The van der Waals surface area contributed by atoms with Crippen molar-refractivity contribution in [2.75, 3.05) is 0 Å². The first-order chi connectivity index (χ1) is 18.7. The van der Waals surface area contributed by atoms with Crippen molar-refractivity contribution >= 4 is 0 Å². The highest BCUT2D eigenvalue weighted by atomic mass is 14.4. The first-order valence-corrected chi connectivity index (χ1v) is 16.4. The fourth-order valence-corrected chi connectivity index (χ4v) is 6.36. The second-order valence-corrected chi connectivity index (χ2v) is 13.1. The van der Waals surface area contributed by atoms with Crippen molar-refractivity contribution in [2.45, 2.75) is 153 Å². The third-order valence-electron chi connectivity index (χ3n) is 9.05. The third kappa shape index (κ3) is 14.6. The Morgan fingerprint density at radius 1 is 0.659 bits per heavy atom. The largest absolute Gasteiger partial charge is 0.101 e. The van der Waals surface area contributed by atoms with Crippen molar-refractivity contribution in [2.24, 2.45) is 23.7 Å². The molecule has 4 rings (SSSR count). The molecule has 0 bridgehead atoms. The summed E-state index contributed by atoms with van der Waals surface area (Å²) in [6.07, 6.45) is 16.2. The molecule has 2 aliphatic carbocycles. The monoisotopic (exact) mass is 561 g/mol. The van der Waals surface area contributed by atoms with Gasteiger partial charge in [-0.2, -0.15) is 0 Å². The molecule has 0 N–H and O–H groups in total. The number of rotatable bonds is 6. The van der Waals surface area contributed by atoms with Crippen molar-refractivity contribution in [3.05, 3.63) is 70.8 Å². The lowest BCUT2D eigenvalue weighted by atomic mass is 9.68. The van der Waals surface area contributed by atoms with Gasteiger partial charge in [0.1, 0.15) is 0 Å². The van der Waals surface area contributed by atoms with Gasteiger partial charge in [-0.1, -0.05) is 163 Å². The Hall–Kier alpha value is -2.00. The van der Waals surface area contributed by atoms with E-state index in [0.717, 1.165) is 29.2 Å². The van der Waals surface area contributed by atoms with Gasteiger partial charge in [0, 0.05) is 5.56 Å². The molecule has 2 atom stereocenters. The molecule has 2 aromatic rings. The lowest BCUT2D eigenvalue weighted by Crippen LogP contribution is -2.26. The first-order valence-electron chi connectivity index (χ1n) is 16.4. The van der Waals surface area contributed by atoms with Crippen LogP contribution >= 0.6 is 0 Å². The molecule has 2 saturated carbocycles. The minimum Gasteiger partial charge on any atom is -0.101 e. The van der Waals surface area contributed by atoms with Gasteiger partial charge < -0.3 is 0 Å². The van der Waals surface area contributed by atoms with Gasteiger partial charge in [0.05, 0.1) is 0 Å². The highest BCUT2D eigenvalue weighted by Gasteiger charge is 2.30. The van der Waals surface area contributed by atoms with Crippen LogP contribution < -0.4 is 0 Å². The van der Waals surface area contributed by atoms with Gasteiger partial charge in [0.2, 0.25) is 0 Å². The Kier molecular flexibility index (Phi) is 20.6. The SMILES string of the molecule is C.C.CC#Cc1ccc(C(C)C)cc1.CC(C)C1CCCC(C2CCCCC2)C1.CCCc1ccc(C(C)C)cc1. The number of benzene rings is 2. The third-order valence-corrected chi connectivity index (χ3v) is 9.05. The summed E-state index contributed by atoms with van der Waals surface area (Å²) in [5.74, 6) is 11.4. The van der Waals surface area contributed by atoms with Crippen LogP contribution in [0.1, 0.15) is 169 Å². The van der Waals surface area contributed by atoms with E-state index < -0.39 is 0 Å². The maximum atomic E-state index is 3.02. The maximum Gasteiger partial charge on any atom is 0.0245 e. The molecule has 2 unspecified atom stereocenters. The zero-order valence-corrected chi connectivity index (χ0v) is 26.9. The Bertz CT molecular complexity index is 942. The summed E-state index contributed by atoms with van der Waals surface area (Å²) in [7, 11) is 0. The molecule has 0 radical (unpaired) electrons. The summed E-state index contributed by atoms with van der Waals surface area (Å²) in [5.41, 5.74) is 5.37. The number of hydrogen-bond donors (Lipinski definition) is 0. The zero-order valence-electron chi connectivity index (χ0n) is 26.9. The Morgan fingerprint density at radius 2 is 1.17 bits per heavy atom. The van der Waals surface area contributed by atoms with E-state index in [1.165, 1.54) is 61.6 Å². The topological polar surface area (TPSA) is 0 Å². The molecule has 0 heteroatoms. The summed E-state index contributed by atoms with van der Waals surface area (Å²) < 4.78 is 0. The Balaban J connectivity index is 0.000000577. The van der Waals surface area contributed by atoms with E-state index in [0.29, 0.717) is 11.8 Å². The van der Waals surface area contributed by atoms with Crippen LogP contribution in [0.2, 0.25) is 0 Å². The maximum absolute atomic E-state index is 3.02. The van der Waals surface area contributed by atoms with Crippen LogP contribution in [0.25, 0.3) is 0 Å². The molecule has 41 heavy (non-hydrogen) atoms.